The van der Waals surface area contributed by atoms with Crippen molar-refractivity contribution in [2.45, 2.75) is 20.8 Å². The van der Waals surface area contributed by atoms with E-state index in [-0.39, 0.29) is 52.6 Å². The molecule has 0 amide bonds. The van der Waals surface area contributed by atoms with E-state index in [4.69, 9.17) is 0 Å². The van der Waals surface area contributed by atoms with Gasteiger partial charge in [-0.3, -0.25) is 0 Å². The molecule has 0 saturated carbocycles. The van der Waals surface area contributed by atoms with Crippen LogP contribution >= 0.6 is 0 Å². The van der Waals surface area contributed by atoms with E-state index >= 15 is 0 Å². The van der Waals surface area contributed by atoms with E-state index in [1.54, 1.807) is 37.2 Å². The Labute approximate surface area is 349 Å². The standard InChI is InChI=1S/C13H13N4.2C13H12N4.ClH.2Ir/c3*1-10-4-3-5-11(8-10)17-9-16(2)12-13(17)15-7-6-14-12;;;/h3-9H,1-2H3;2*3-4,6-9H,1-2H3;1H;;/q+1;2*-2;;;/p-1. The third-order valence-electron chi connectivity index (χ3n) is 8.22. The molecule has 7 aromatic rings. The summed E-state index contributed by atoms with van der Waals surface area (Å²) in [5.41, 5.74) is 8.47. The monoisotopic (exact) mass is 1090 g/mol. The molecule has 2 aliphatic heterocycles. The fourth-order valence-corrected chi connectivity index (χ4v) is 5.80. The number of anilines is 6. The minimum absolute atomic E-state index is 0. The first kappa shape index (κ1) is 41.9. The number of aromatic nitrogens is 8. The number of benzene rings is 3. The second kappa shape index (κ2) is 18.5. The number of aryl methyl sites for hydroxylation is 4. The molecule has 282 valence electrons. The molecule has 0 bridgehead atoms. The van der Waals surface area contributed by atoms with Crippen LogP contribution < -0.4 is 36.6 Å². The molecule has 12 nitrogen and oxygen atoms in total. The van der Waals surface area contributed by atoms with Crippen molar-refractivity contribution in [3.63, 3.8) is 0 Å². The summed E-state index contributed by atoms with van der Waals surface area (Å²) in [6, 6.07) is 26.8. The molecule has 15 heteroatoms. The zero-order valence-corrected chi connectivity index (χ0v) is 35.9. The van der Waals surface area contributed by atoms with E-state index < -0.39 is 0 Å². The molecule has 9 rings (SSSR count). The predicted molar refractivity (Wildman–Crippen MR) is 199 cm³/mol. The summed E-state index contributed by atoms with van der Waals surface area (Å²) in [5, 5.41) is 0. The fourth-order valence-electron chi connectivity index (χ4n) is 5.80. The van der Waals surface area contributed by atoms with Gasteiger partial charge in [-0.15, -0.1) is 41.8 Å². The summed E-state index contributed by atoms with van der Waals surface area (Å²) < 4.78 is 4.03. The molecule has 4 aromatic heterocycles. The Kier molecular flexibility index (Phi) is 14.3. The van der Waals surface area contributed by atoms with Gasteiger partial charge in [0.15, 0.2) is 6.33 Å². The maximum absolute atomic E-state index is 4.39. The van der Waals surface area contributed by atoms with Gasteiger partial charge in [0.2, 0.25) is 0 Å². The fraction of sp³-hybridized carbons (Fsp3) is 0.154. The molecule has 54 heavy (non-hydrogen) atoms. The zero-order valence-electron chi connectivity index (χ0n) is 30.4. The number of rotatable bonds is 3. The van der Waals surface area contributed by atoms with Gasteiger partial charge in [0.05, 0.1) is 13.2 Å². The summed E-state index contributed by atoms with van der Waals surface area (Å²) in [4.78, 5) is 34.0. The molecule has 0 unspecified atom stereocenters. The van der Waals surface area contributed by atoms with Crippen LogP contribution in [0.2, 0.25) is 0 Å². The van der Waals surface area contributed by atoms with Crippen LogP contribution in [0.25, 0.3) is 17.0 Å². The first-order valence-corrected chi connectivity index (χ1v) is 16.3. The summed E-state index contributed by atoms with van der Waals surface area (Å²) in [6.07, 6.45) is 12.2. The van der Waals surface area contributed by atoms with Crippen molar-refractivity contribution in [1.29, 1.82) is 0 Å². The van der Waals surface area contributed by atoms with Gasteiger partial charge in [-0.1, -0.05) is 26.0 Å². The summed E-state index contributed by atoms with van der Waals surface area (Å²) in [6.45, 7) is 10.1. The van der Waals surface area contributed by atoms with Crippen LogP contribution in [0.5, 0.6) is 0 Å². The van der Waals surface area contributed by atoms with Crippen molar-refractivity contribution in [2.24, 2.45) is 7.05 Å². The van der Waals surface area contributed by atoms with Crippen molar-refractivity contribution in [1.82, 2.24) is 34.5 Å². The second-order valence-electron chi connectivity index (χ2n) is 12.2. The minimum Gasteiger partial charge on any atom is -1.00 e. The van der Waals surface area contributed by atoms with E-state index in [0.717, 1.165) is 51.6 Å². The van der Waals surface area contributed by atoms with Crippen LogP contribution in [0, 0.1) is 46.2 Å². The number of fused-ring (bicyclic) bond motifs is 3. The number of nitrogens with zero attached hydrogens (tertiary/aromatic N) is 12. The van der Waals surface area contributed by atoms with Gasteiger partial charge in [0.25, 0.3) is 5.65 Å². The Morgan fingerprint density at radius 2 is 1.06 bits per heavy atom. The molecule has 6 heterocycles. The van der Waals surface area contributed by atoms with Crippen LogP contribution in [0.1, 0.15) is 16.7 Å². The van der Waals surface area contributed by atoms with Crippen molar-refractivity contribution in [2.75, 3.05) is 33.7 Å². The molecule has 2 aliphatic rings. The Hall–Kier alpha value is -4.84. The second-order valence-corrected chi connectivity index (χ2v) is 12.2. The smallest absolute Gasteiger partial charge is 0.322 e. The number of halogens is 1. The molecule has 0 aliphatic carbocycles. The topological polar surface area (TPSA) is 99.1 Å². The molecular weight excluding hydrogens is 1060 g/mol. The third-order valence-corrected chi connectivity index (χ3v) is 8.22. The van der Waals surface area contributed by atoms with Crippen LogP contribution in [0.15, 0.2) is 104 Å². The number of hydrogen-bond donors (Lipinski definition) is 0. The quantitative estimate of drug-likeness (QED) is 0.194. The summed E-state index contributed by atoms with van der Waals surface area (Å²) in [5.74, 6) is 3.42. The van der Waals surface area contributed by atoms with E-state index in [2.05, 4.69) is 97.7 Å². The average molecular weight is 1090 g/mol. The van der Waals surface area contributed by atoms with E-state index in [1.165, 1.54) is 16.7 Å². The minimum atomic E-state index is 0. The normalized spacial score (nSPS) is 12.3. The van der Waals surface area contributed by atoms with Crippen LogP contribution in [-0.2, 0) is 47.3 Å². The summed E-state index contributed by atoms with van der Waals surface area (Å²) in [7, 11) is 5.90. The number of imidazole rings is 1. The van der Waals surface area contributed by atoms with Crippen molar-refractivity contribution in [3.8, 4) is 5.69 Å². The van der Waals surface area contributed by atoms with Gasteiger partial charge in [0, 0.05) is 65.0 Å². The Balaban J connectivity index is 0.000000176. The van der Waals surface area contributed by atoms with Gasteiger partial charge in [-0.05, 0) is 38.7 Å². The Morgan fingerprint density at radius 3 is 1.56 bits per heavy atom. The van der Waals surface area contributed by atoms with Crippen molar-refractivity contribution >= 4 is 45.9 Å². The molecule has 0 spiro atoms. The van der Waals surface area contributed by atoms with Crippen LogP contribution in [0.3, 0.4) is 0 Å². The molecule has 2 radical (unpaired) electrons. The van der Waals surface area contributed by atoms with Crippen LogP contribution in [0.4, 0.5) is 34.6 Å². The number of hydrogen-bond acceptors (Lipinski definition) is 10. The van der Waals surface area contributed by atoms with Gasteiger partial charge in [-0.2, -0.15) is 47.5 Å². The molecule has 3 aromatic carbocycles. The van der Waals surface area contributed by atoms with E-state index in [0.29, 0.717) is 0 Å². The summed E-state index contributed by atoms with van der Waals surface area (Å²) >= 11 is 0. The van der Waals surface area contributed by atoms with Crippen molar-refractivity contribution in [3.05, 3.63) is 146 Å². The molecule has 0 fully saturated rings. The largest absolute Gasteiger partial charge is 1.00 e. The average Bonchev–Trinajstić information content (AvgIpc) is 3.79. The predicted octanol–water partition coefficient (Wildman–Crippen LogP) is 3.14. The van der Waals surface area contributed by atoms with Gasteiger partial charge in [-0.25, -0.2) is 34.1 Å². The van der Waals surface area contributed by atoms with E-state index in [1.807, 2.05) is 95.3 Å². The molecule has 0 N–H and O–H groups in total. The molecular formula is C39H37ClIr2N12-4. The maximum atomic E-state index is 4.39. The van der Waals surface area contributed by atoms with Crippen LogP contribution in [-0.4, -0.2) is 48.6 Å². The Bertz CT molecular complexity index is 2220. The third kappa shape index (κ3) is 8.92. The van der Waals surface area contributed by atoms with E-state index in [9.17, 15) is 0 Å². The SMILES string of the molecule is Cc1cc[c-]c(N2[CH-]N(C)c3nccnc32)c1.Cc1cc[c-]c(N2[CH-]N(C)c3nccnc32)c1.Cc1cccc(-n2c[n+](C)c3nccnc32)c1.[Cl-].[Ir].[Ir]. The van der Waals surface area contributed by atoms with Crippen molar-refractivity contribution < 1.29 is 57.2 Å². The Morgan fingerprint density at radius 1 is 0.593 bits per heavy atom. The van der Waals surface area contributed by atoms with Gasteiger partial charge < -0.3 is 32.0 Å². The zero-order chi connectivity index (χ0) is 35.5. The van der Waals surface area contributed by atoms with Gasteiger partial charge in [0.1, 0.15) is 35.2 Å². The van der Waals surface area contributed by atoms with Gasteiger partial charge >= 0.3 is 5.65 Å². The first-order chi connectivity index (χ1) is 24.8. The first-order valence-electron chi connectivity index (χ1n) is 16.3. The molecule has 0 saturated heterocycles. The maximum Gasteiger partial charge on any atom is 0.322 e. The molecule has 0 atom stereocenters.